The third kappa shape index (κ3) is 2.42. The second kappa shape index (κ2) is 4.96. The minimum atomic E-state index is 0.340. The number of hydrogen-bond donors (Lipinski definition) is 2. The second-order valence-corrected chi connectivity index (χ2v) is 5.55. The zero-order valence-corrected chi connectivity index (χ0v) is 11.9. The highest BCUT2D eigenvalue weighted by atomic mass is 16.5. The smallest absolute Gasteiger partial charge is 0.156 e. The van der Waals surface area contributed by atoms with E-state index in [1.165, 1.54) is 5.56 Å². The largest absolute Gasteiger partial charge is 0.381 e. The summed E-state index contributed by atoms with van der Waals surface area (Å²) in [6.07, 6.45) is 1.76. The van der Waals surface area contributed by atoms with Crippen molar-refractivity contribution in [2.24, 2.45) is 0 Å². The number of ether oxygens (including phenoxy) is 1. The van der Waals surface area contributed by atoms with E-state index in [1.807, 2.05) is 13.0 Å². The lowest BCUT2D eigenvalue weighted by Gasteiger charge is -2.00. The van der Waals surface area contributed by atoms with Gasteiger partial charge in [-0.25, -0.2) is 9.97 Å². The molecule has 0 radical (unpaired) electrons. The first-order valence-electron chi connectivity index (χ1n) is 7.22. The number of imidazole rings is 1. The van der Waals surface area contributed by atoms with Crippen LogP contribution in [0.4, 0.5) is 0 Å². The molecule has 1 aliphatic rings. The number of nitrogens with zero attached hydrogens (tertiary/aromatic N) is 3. The summed E-state index contributed by atoms with van der Waals surface area (Å²) in [5.74, 6) is 3.05. The quantitative estimate of drug-likeness (QED) is 0.771. The first-order valence-corrected chi connectivity index (χ1v) is 7.22. The summed E-state index contributed by atoms with van der Waals surface area (Å²) in [7, 11) is 0. The molecule has 21 heavy (non-hydrogen) atoms. The predicted molar refractivity (Wildman–Crippen MR) is 78.2 cm³/mol. The molecule has 1 saturated heterocycles. The predicted octanol–water partition coefficient (Wildman–Crippen LogP) is 2.08. The summed E-state index contributed by atoms with van der Waals surface area (Å²) in [6, 6.07) is 6.25. The van der Waals surface area contributed by atoms with Crippen molar-refractivity contribution in [1.29, 1.82) is 0 Å². The van der Waals surface area contributed by atoms with E-state index < -0.39 is 0 Å². The monoisotopic (exact) mass is 283 g/mol. The Hall–Kier alpha value is -2.21. The molecule has 6 nitrogen and oxygen atoms in total. The van der Waals surface area contributed by atoms with Gasteiger partial charge in [0.25, 0.3) is 0 Å². The van der Waals surface area contributed by atoms with Gasteiger partial charge in [0.2, 0.25) is 0 Å². The molecule has 0 spiro atoms. The van der Waals surface area contributed by atoms with Crippen LogP contribution in [0.5, 0.6) is 0 Å². The summed E-state index contributed by atoms with van der Waals surface area (Å²) in [5, 5.41) is 7.37. The van der Waals surface area contributed by atoms with Crippen molar-refractivity contribution in [3.8, 4) is 0 Å². The van der Waals surface area contributed by atoms with Crippen molar-refractivity contribution >= 4 is 11.0 Å². The van der Waals surface area contributed by atoms with E-state index in [2.05, 4.69) is 37.3 Å². The average Bonchev–Trinajstić information content (AvgIpc) is 3.16. The number of fused-ring (bicyclic) bond motifs is 1. The van der Waals surface area contributed by atoms with Crippen LogP contribution in [0.25, 0.3) is 11.0 Å². The van der Waals surface area contributed by atoms with Crippen molar-refractivity contribution in [3.05, 3.63) is 41.2 Å². The standard InChI is InChI=1S/C15H17N5O/c1-9-16-12-3-2-10(6-13(12)17-9)7-14-18-15(20-19-14)11-4-5-21-8-11/h2-3,6,11H,4-5,7-8H2,1H3,(H,16,17)(H,18,19,20). The van der Waals surface area contributed by atoms with Gasteiger partial charge in [-0.15, -0.1) is 0 Å². The van der Waals surface area contributed by atoms with Crippen LogP contribution < -0.4 is 0 Å². The fourth-order valence-corrected chi connectivity index (χ4v) is 2.80. The van der Waals surface area contributed by atoms with Crippen LogP contribution in [0, 0.1) is 6.92 Å². The molecule has 1 unspecified atom stereocenters. The lowest BCUT2D eigenvalue weighted by Crippen LogP contribution is -2.00. The van der Waals surface area contributed by atoms with Gasteiger partial charge in [0, 0.05) is 18.9 Å². The van der Waals surface area contributed by atoms with Crippen LogP contribution in [-0.4, -0.2) is 38.4 Å². The number of aryl methyl sites for hydroxylation is 1. The molecular weight excluding hydrogens is 266 g/mol. The number of aromatic nitrogens is 5. The number of nitrogens with one attached hydrogen (secondary N) is 2. The Morgan fingerprint density at radius 3 is 3.14 bits per heavy atom. The fourth-order valence-electron chi connectivity index (χ4n) is 2.80. The van der Waals surface area contributed by atoms with Crippen LogP contribution in [0.15, 0.2) is 18.2 Å². The van der Waals surface area contributed by atoms with Gasteiger partial charge in [-0.05, 0) is 31.0 Å². The Balaban J connectivity index is 1.56. The Morgan fingerprint density at radius 1 is 1.33 bits per heavy atom. The Morgan fingerprint density at radius 2 is 2.29 bits per heavy atom. The minimum Gasteiger partial charge on any atom is -0.381 e. The minimum absolute atomic E-state index is 0.340. The van der Waals surface area contributed by atoms with Gasteiger partial charge in [-0.1, -0.05) is 6.07 Å². The molecule has 1 aliphatic heterocycles. The molecule has 0 bridgehead atoms. The third-order valence-electron chi connectivity index (χ3n) is 3.88. The molecule has 0 aliphatic carbocycles. The highest BCUT2D eigenvalue weighted by Gasteiger charge is 2.21. The summed E-state index contributed by atoms with van der Waals surface area (Å²) in [5.41, 5.74) is 3.25. The topological polar surface area (TPSA) is 79.5 Å². The van der Waals surface area contributed by atoms with Crippen LogP contribution in [-0.2, 0) is 11.2 Å². The third-order valence-corrected chi connectivity index (χ3v) is 3.88. The summed E-state index contributed by atoms with van der Waals surface area (Å²) < 4.78 is 5.38. The molecule has 2 N–H and O–H groups in total. The summed E-state index contributed by atoms with van der Waals surface area (Å²) in [6.45, 7) is 3.51. The maximum atomic E-state index is 5.38. The van der Waals surface area contributed by atoms with Crippen LogP contribution >= 0.6 is 0 Å². The first kappa shape index (κ1) is 12.5. The average molecular weight is 283 g/mol. The van der Waals surface area contributed by atoms with Crippen molar-refractivity contribution in [1.82, 2.24) is 25.1 Å². The highest BCUT2D eigenvalue weighted by Crippen LogP contribution is 2.22. The zero-order valence-electron chi connectivity index (χ0n) is 11.9. The fraction of sp³-hybridized carbons (Fsp3) is 0.400. The van der Waals surface area contributed by atoms with E-state index >= 15 is 0 Å². The van der Waals surface area contributed by atoms with Gasteiger partial charge >= 0.3 is 0 Å². The second-order valence-electron chi connectivity index (χ2n) is 5.55. The highest BCUT2D eigenvalue weighted by molar-refractivity contribution is 5.75. The molecule has 1 aromatic carbocycles. The Bertz CT molecular complexity index is 769. The molecule has 2 aromatic heterocycles. The molecule has 3 heterocycles. The summed E-state index contributed by atoms with van der Waals surface area (Å²) in [4.78, 5) is 12.3. The molecule has 108 valence electrons. The molecule has 1 atom stereocenters. The number of rotatable bonds is 3. The van der Waals surface area contributed by atoms with E-state index in [0.717, 1.165) is 54.6 Å². The van der Waals surface area contributed by atoms with E-state index in [0.29, 0.717) is 5.92 Å². The SMILES string of the molecule is Cc1nc2ccc(Cc3nc(C4CCOC4)n[nH]3)cc2[nH]1. The van der Waals surface area contributed by atoms with Gasteiger partial charge < -0.3 is 9.72 Å². The molecule has 0 amide bonds. The van der Waals surface area contributed by atoms with Gasteiger partial charge in [0.05, 0.1) is 17.6 Å². The van der Waals surface area contributed by atoms with Gasteiger partial charge in [0.15, 0.2) is 5.82 Å². The van der Waals surface area contributed by atoms with Crippen molar-refractivity contribution < 1.29 is 4.74 Å². The van der Waals surface area contributed by atoms with E-state index in [9.17, 15) is 0 Å². The van der Waals surface area contributed by atoms with Crippen LogP contribution in [0.1, 0.15) is 35.4 Å². The van der Waals surface area contributed by atoms with Crippen LogP contribution in [0.2, 0.25) is 0 Å². The molecule has 0 saturated carbocycles. The van der Waals surface area contributed by atoms with E-state index in [1.54, 1.807) is 0 Å². The maximum Gasteiger partial charge on any atom is 0.156 e. The number of benzene rings is 1. The van der Waals surface area contributed by atoms with Gasteiger partial charge in [-0.2, -0.15) is 5.10 Å². The first-order chi connectivity index (χ1) is 10.3. The lowest BCUT2D eigenvalue weighted by atomic mass is 10.1. The van der Waals surface area contributed by atoms with Crippen molar-refractivity contribution in [2.75, 3.05) is 13.2 Å². The Kier molecular flexibility index (Phi) is 2.96. The van der Waals surface area contributed by atoms with Gasteiger partial charge in [-0.3, -0.25) is 5.10 Å². The Labute approximate surface area is 122 Å². The maximum absolute atomic E-state index is 5.38. The normalized spacial score (nSPS) is 18.6. The number of hydrogen-bond acceptors (Lipinski definition) is 4. The van der Waals surface area contributed by atoms with E-state index in [-0.39, 0.29) is 0 Å². The number of aromatic amines is 2. The zero-order chi connectivity index (χ0) is 14.2. The summed E-state index contributed by atoms with van der Waals surface area (Å²) >= 11 is 0. The molecule has 1 fully saturated rings. The number of H-pyrrole nitrogens is 2. The lowest BCUT2D eigenvalue weighted by molar-refractivity contribution is 0.193. The van der Waals surface area contributed by atoms with Crippen molar-refractivity contribution in [3.63, 3.8) is 0 Å². The molecule has 6 heteroatoms. The van der Waals surface area contributed by atoms with E-state index in [4.69, 9.17) is 4.74 Å². The van der Waals surface area contributed by atoms with Crippen molar-refractivity contribution in [2.45, 2.75) is 25.7 Å². The molecule has 3 aromatic rings. The molecular formula is C15H17N5O. The molecule has 4 rings (SSSR count). The van der Waals surface area contributed by atoms with Crippen LogP contribution in [0.3, 0.4) is 0 Å². The van der Waals surface area contributed by atoms with Gasteiger partial charge in [0.1, 0.15) is 11.6 Å².